The molecule has 2 rings (SSSR count). The van der Waals surface area contributed by atoms with E-state index in [1.54, 1.807) is 11.8 Å². The van der Waals surface area contributed by atoms with E-state index in [4.69, 9.17) is 4.74 Å². The first kappa shape index (κ1) is 13.2. The van der Waals surface area contributed by atoms with E-state index in [2.05, 4.69) is 18.7 Å². The maximum atomic E-state index is 11.2. The molecule has 1 fully saturated rings. The monoisotopic (exact) mass is 262 g/mol. The fourth-order valence-electron chi connectivity index (χ4n) is 2.19. The van der Waals surface area contributed by atoms with Gasteiger partial charge in [0.1, 0.15) is 6.10 Å². The van der Waals surface area contributed by atoms with Crippen LogP contribution in [-0.4, -0.2) is 17.3 Å². The average molecular weight is 262 g/mol. The van der Waals surface area contributed by atoms with Gasteiger partial charge in [-0.25, -0.2) is 0 Å². The third kappa shape index (κ3) is 3.64. The van der Waals surface area contributed by atoms with Crippen molar-refractivity contribution in [3.8, 4) is 0 Å². The molecule has 1 aromatic carbocycles. The van der Waals surface area contributed by atoms with Crippen molar-refractivity contribution in [2.45, 2.75) is 42.4 Å². The Morgan fingerprint density at radius 1 is 1.39 bits per heavy atom. The van der Waals surface area contributed by atoms with Gasteiger partial charge < -0.3 is 4.74 Å². The molecule has 0 spiro atoms. The van der Waals surface area contributed by atoms with Crippen LogP contribution in [0.15, 0.2) is 47.4 Å². The highest BCUT2D eigenvalue weighted by atomic mass is 32.2. The zero-order valence-electron chi connectivity index (χ0n) is 10.6. The number of carbonyl (C=O) groups excluding carboxylic acids is 1. The van der Waals surface area contributed by atoms with Gasteiger partial charge in [-0.3, -0.25) is 4.79 Å². The smallest absolute Gasteiger partial charge is 0.302 e. The second-order valence-electron chi connectivity index (χ2n) is 4.61. The zero-order chi connectivity index (χ0) is 13.0. The van der Waals surface area contributed by atoms with Gasteiger partial charge >= 0.3 is 5.97 Å². The minimum Gasteiger partial charge on any atom is -0.461 e. The summed E-state index contributed by atoms with van der Waals surface area (Å²) < 4.78 is 5.43. The van der Waals surface area contributed by atoms with Crippen LogP contribution in [0.5, 0.6) is 0 Å². The van der Waals surface area contributed by atoms with Gasteiger partial charge in [0.25, 0.3) is 0 Å². The van der Waals surface area contributed by atoms with Gasteiger partial charge in [0.15, 0.2) is 0 Å². The molecule has 2 atom stereocenters. The Morgan fingerprint density at radius 2 is 2.11 bits per heavy atom. The quantitative estimate of drug-likeness (QED) is 0.612. The standard InChI is InChI=1S/C15H18O2S/c1-11-8-9-15(14(10-11)17-12(2)16)18-13-6-4-3-5-7-13/h3-7,14-15H,1,8-10H2,2H3. The van der Waals surface area contributed by atoms with Crippen LogP contribution >= 0.6 is 11.8 Å². The molecule has 0 radical (unpaired) electrons. The van der Waals surface area contributed by atoms with E-state index in [0.717, 1.165) is 19.3 Å². The second-order valence-corrected chi connectivity index (χ2v) is 5.92. The number of carbonyl (C=O) groups is 1. The van der Waals surface area contributed by atoms with Crippen molar-refractivity contribution >= 4 is 17.7 Å². The zero-order valence-corrected chi connectivity index (χ0v) is 11.4. The highest BCUT2D eigenvalue weighted by Crippen LogP contribution is 2.36. The molecule has 2 nitrogen and oxygen atoms in total. The molecule has 0 N–H and O–H groups in total. The van der Waals surface area contributed by atoms with Gasteiger partial charge in [0.05, 0.1) is 0 Å². The number of rotatable bonds is 3. The fraction of sp³-hybridized carbons (Fsp3) is 0.400. The van der Waals surface area contributed by atoms with Crippen LogP contribution in [0.4, 0.5) is 0 Å². The summed E-state index contributed by atoms with van der Waals surface area (Å²) in [5, 5.41) is 0.335. The third-order valence-corrected chi connectivity index (χ3v) is 4.42. The third-order valence-electron chi connectivity index (χ3n) is 3.03. The van der Waals surface area contributed by atoms with Gasteiger partial charge in [-0.1, -0.05) is 30.4 Å². The van der Waals surface area contributed by atoms with Gasteiger partial charge in [0, 0.05) is 23.5 Å². The van der Waals surface area contributed by atoms with E-state index in [1.165, 1.54) is 17.4 Å². The summed E-state index contributed by atoms with van der Waals surface area (Å²) in [6, 6.07) is 10.3. The van der Waals surface area contributed by atoms with Crippen LogP contribution in [0.25, 0.3) is 0 Å². The first-order chi connectivity index (χ1) is 8.65. The number of hydrogen-bond donors (Lipinski definition) is 0. The average Bonchev–Trinajstić information content (AvgIpc) is 2.33. The molecule has 1 saturated carbocycles. The topological polar surface area (TPSA) is 26.3 Å². The highest BCUT2D eigenvalue weighted by Gasteiger charge is 2.29. The molecule has 96 valence electrons. The number of esters is 1. The van der Waals surface area contributed by atoms with Crippen molar-refractivity contribution < 1.29 is 9.53 Å². The molecule has 3 heteroatoms. The summed E-state index contributed by atoms with van der Waals surface area (Å²) >= 11 is 1.80. The molecule has 1 aliphatic carbocycles. The van der Waals surface area contributed by atoms with Crippen molar-refractivity contribution in [1.82, 2.24) is 0 Å². The normalized spacial score (nSPS) is 23.7. The predicted octanol–water partition coefficient (Wildman–Crippen LogP) is 3.82. The minimum absolute atomic E-state index is 0.0334. The van der Waals surface area contributed by atoms with E-state index in [9.17, 15) is 4.79 Å². The largest absolute Gasteiger partial charge is 0.461 e. The Labute approximate surface area is 112 Å². The first-order valence-corrected chi connectivity index (χ1v) is 7.08. The van der Waals surface area contributed by atoms with E-state index < -0.39 is 0 Å². The minimum atomic E-state index is -0.201. The van der Waals surface area contributed by atoms with E-state index >= 15 is 0 Å². The Hall–Kier alpha value is -1.22. The van der Waals surface area contributed by atoms with Crippen molar-refractivity contribution in [1.29, 1.82) is 0 Å². The second kappa shape index (κ2) is 6.10. The Bertz CT molecular complexity index is 425. The fourth-order valence-corrected chi connectivity index (χ4v) is 3.39. The molecule has 0 amide bonds. The lowest BCUT2D eigenvalue weighted by atomic mass is 9.93. The van der Waals surface area contributed by atoms with Crippen LogP contribution in [0, 0.1) is 0 Å². The van der Waals surface area contributed by atoms with Crippen LogP contribution in [0.1, 0.15) is 26.2 Å². The molecule has 0 bridgehead atoms. The molecule has 0 aromatic heterocycles. The summed E-state index contributed by atoms with van der Waals surface area (Å²) in [7, 11) is 0. The van der Waals surface area contributed by atoms with Crippen molar-refractivity contribution in [2.75, 3.05) is 0 Å². The van der Waals surface area contributed by atoms with Gasteiger partial charge in [0.2, 0.25) is 0 Å². The molecule has 2 unspecified atom stereocenters. The van der Waals surface area contributed by atoms with Crippen molar-refractivity contribution in [3.05, 3.63) is 42.5 Å². The highest BCUT2D eigenvalue weighted by molar-refractivity contribution is 8.00. The van der Waals surface area contributed by atoms with E-state index in [0.29, 0.717) is 5.25 Å². The molecule has 0 heterocycles. The van der Waals surface area contributed by atoms with E-state index in [1.807, 2.05) is 18.2 Å². The predicted molar refractivity (Wildman–Crippen MR) is 74.6 cm³/mol. The number of hydrogen-bond acceptors (Lipinski definition) is 3. The van der Waals surface area contributed by atoms with Crippen LogP contribution in [0.3, 0.4) is 0 Å². The Morgan fingerprint density at radius 3 is 2.78 bits per heavy atom. The maximum Gasteiger partial charge on any atom is 0.302 e. The summed E-state index contributed by atoms with van der Waals surface area (Å²) in [6.07, 6.45) is 2.82. The molecule has 0 saturated heterocycles. The summed E-state index contributed by atoms with van der Waals surface area (Å²) in [5.74, 6) is -0.201. The van der Waals surface area contributed by atoms with Crippen LogP contribution < -0.4 is 0 Å². The molecule has 0 aliphatic heterocycles. The van der Waals surface area contributed by atoms with Crippen molar-refractivity contribution in [2.24, 2.45) is 0 Å². The number of benzene rings is 1. The van der Waals surface area contributed by atoms with Gasteiger partial charge in [-0.15, -0.1) is 11.8 Å². The Balaban J connectivity index is 2.04. The van der Waals surface area contributed by atoms with E-state index in [-0.39, 0.29) is 12.1 Å². The SMILES string of the molecule is C=C1CCC(Sc2ccccc2)C(OC(C)=O)C1. The first-order valence-electron chi connectivity index (χ1n) is 6.20. The lowest BCUT2D eigenvalue weighted by molar-refractivity contribution is -0.146. The maximum absolute atomic E-state index is 11.2. The van der Waals surface area contributed by atoms with Gasteiger partial charge in [-0.2, -0.15) is 0 Å². The van der Waals surface area contributed by atoms with Gasteiger partial charge in [-0.05, 0) is 25.0 Å². The molecule has 1 aromatic rings. The Kier molecular flexibility index (Phi) is 4.48. The molecular weight excluding hydrogens is 244 g/mol. The van der Waals surface area contributed by atoms with Crippen LogP contribution in [0.2, 0.25) is 0 Å². The lowest BCUT2D eigenvalue weighted by Gasteiger charge is -2.31. The number of ether oxygens (including phenoxy) is 1. The van der Waals surface area contributed by atoms with Crippen molar-refractivity contribution in [3.63, 3.8) is 0 Å². The summed E-state index contributed by atoms with van der Waals surface area (Å²) in [4.78, 5) is 12.4. The van der Waals surface area contributed by atoms with Crippen LogP contribution in [-0.2, 0) is 9.53 Å². The lowest BCUT2D eigenvalue weighted by Crippen LogP contribution is -2.32. The molecular formula is C15H18O2S. The molecule has 18 heavy (non-hydrogen) atoms. The summed E-state index contributed by atoms with van der Waals surface area (Å²) in [5.41, 5.74) is 1.19. The number of thioether (sulfide) groups is 1. The molecule has 1 aliphatic rings. The summed E-state index contributed by atoms with van der Waals surface area (Å²) in [6.45, 7) is 5.49.